The quantitative estimate of drug-likeness (QED) is 0.765. The van der Waals surface area contributed by atoms with Gasteiger partial charge in [-0.2, -0.15) is 0 Å². The number of hydrogen-bond donors (Lipinski definition) is 3. The summed E-state index contributed by atoms with van der Waals surface area (Å²) in [5.41, 5.74) is 11.7. The number of carbonyl (C=O) groups excluding carboxylic acids is 2. The highest BCUT2D eigenvalue weighted by atomic mass is 35.5. The Bertz CT molecular complexity index is 530. The van der Waals surface area contributed by atoms with Crippen LogP contribution in [0.15, 0.2) is 30.3 Å². The van der Waals surface area contributed by atoms with Crippen LogP contribution in [0.2, 0.25) is 0 Å². The molecule has 0 saturated heterocycles. The van der Waals surface area contributed by atoms with Crippen molar-refractivity contribution in [1.82, 2.24) is 5.32 Å². The van der Waals surface area contributed by atoms with Gasteiger partial charge in [-0.3, -0.25) is 9.59 Å². The van der Waals surface area contributed by atoms with E-state index >= 15 is 0 Å². The van der Waals surface area contributed by atoms with Crippen molar-refractivity contribution in [2.75, 3.05) is 0 Å². The molecule has 1 aliphatic rings. The van der Waals surface area contributed by atoms with Gasteiger partial charge in [0.15, 0.2) is 0 Å². The normalized spacial score (nSPS) is 19.0. The molecule has 1 fully saturated rings. The molecule has 0 aromatic heterocycles. The highest BCUT2D eigenvalue weighted by molar-refractivity contribution is 5.91. The molecule has 0 heterocycles. The molecule has 23 heavy (non-hydrogen) atoms. The Balaban J connectivity index is 0.00000264. The Labute approximate surface area is 143 Å². The van der Waals surface area contributed by atoms with Crippen LogP contribution in [0.25, 0.3) is 0 Å². The van der Waals surface area contributed by atoms with Crippen LogP contribution in [0.4, 0.5) is 0 Å². The Hall–Kier alpha value is -1.59. The van der Waals surface area contributed by atoms with Crippen molar-refractivity contribution in [1.29, 1.82) is 0 Å². The molecule has 5 nitrogen and oxygen atoms in total. The first kappa shape index (κ1) is 19.5. The van der Waals surface area contributed by atoms with Gasteiger partial charge in [0.1, 0.15) is 5.54 Å². The average Bonchev–Trinajstić information content (AvgIpc) is 2.55. The first-order chi connectivity index (χ1) is 10.5. The van der Waals surface area contributed by atoms with Crippen molar-refractivity contribution >= 4 is 24.2 Å². The number of halogens is 1. The number of rotatable bonds is 5. The second kappa shape index (κ2) is 8.31. The maximum Gasteiger partial charge on any atom is 0.243 e. The van der Waals surface area contributed by atoms with Crippen LogP contribution in [0.5, 0.6) is 0 Å². The molecular formula is C17H26ClN3O2. The second-order valence-corrected chi connectivity index (χ2v) is 6.22. The first-order valence-corrected chi connectivity index (χ1v) is 7.89. The van der Waals surface area contributed by atoms with E-state index in [0.717, 1.165) is 24.8 Å². The molecule has 2 atom stereocenters. The van der Waals surface area contributed by atoms with Crippen LogP contribution in [0.1, 0.15) is 50.6 Å². The molecular weight excluding hydrogens is 314 g/mol. The van der Waals surface area contributed by atoms with Crippen LogP contribution in [0.3, 0.4) is 0 Å². The van der Waals surface area contributed by atoms with E-state index in [4.69, 9.17) is 11.5 Å². The topological polar surface area (TPSA) is 98.2 Å². The number of benzene rings is 1. The Morgan fingerprint density at radius 2 is 1.70 bits per heavy atom. The minimum atomic E-state index is -0.903. The van der Waals surface area contributed by atoms with E-state index in [-0.39, 0.29) is 18.3 Å². The number of nitrogens with one attached hydrogen (secondary N) is 1. The van der Waals surface area contributed by atoms with Crippen LogP contribution in [0, 0.1) is 5.92 Å². The lowest BCUT2D eigenvalue weighted by atomic mass is 9.80. The summed E-state index contributed by atoms with van der Waals surface area (Å²) >= 11 is 0. The predicted molar refractivity (Wildman–Crippen MR) is 92.9 cm³/mol. The molecule has 1 aliphatic carbocycles. The summed E-state index contributed by atoms with van der Waals surface area (Å²) in [5.74, 6) is -1.08. The van der Waals surface area contributed by atoms with E-state index < -0.39 is 23.4 Å². The molecule has 0 bridgehead atoms. The molecule has 1 aromatic rings. The summed E-state index contributed by atoms with van der Waals surface area (Å²) in [6.07, 6.45) is 4.11. The third kappa shape index (κ3) is 4.45. The Morgan fingerprint density at radius 1 is 1.13 bits per heavy atom. The van der Waals surface area contributed by atoms with Crippen molar-refractivity contribution in [2.45, 2.75) is 50.6 Å². The lowest BCUT2D eigenvalue weighted by Crippen LogP contribution is -2.59. The summed E-state index contributed by atoms with van der Waals surface area (Å²) in [4.78, 5) is 24.4. The average molecular weight is 340 g/mol. The highest BCUT2D eigenvalue weighted by Gasteiger charge is 2.40. The first-order valence-electron chi connectivity index (χ1n) is 7.89. The van der Waals surface area contributed by atoms with Gasteiger partial charge in [-0.15, -0.1) is 12.4 Å². The maximum atomic E-state index is 12.5. The molecule has 128 valence electrons. The van der Waals surface area contributed by atoms with E-state index in [1.165, 1.54) is 0 Å². The van der Waals surface area contributed by atoms with E-state index in [1.807, 2.05) is 30.3 Å². The molecule has 2 rings (SSSR count). The van der Waals surface area contributed by atoms with E-state index in [0.29, 0.717) is 12.8 Å². The zero-order valence-corrected chi connectivity index (χ0v) is 14.3. The van der Waals surface area contributed by atoms with E-state index in [1.54, 1.807) is 6.92 Å². The summed E-state index contributed by atoms with van der Waals surface area (Å²) in [5, 5.41) is 2.89. The minimum absolute atomic E-state index is 0. The van der Waals surface area contributed by atoms with Crippen molar-refractivity contribution in [3.8, 4) is 0 Å². The van der Waals surface area contributed by atoms with Gasteiger partial charge in [0.05, 0.1) is 5.92 Å². The summed E-state index contributed by atoms with van der Waals surface area (Å²) in [6.45, 7) is 1.78. The SMILES string of the molecule is CC(C(=O)NC1(C(N)=O)CCCCC1)C(N)c1ccccc1.Cl. The molecule has 2 unspecified atom stereocenters. The van der Waals surface area contributed by atoms with Crippen LogP contribution >= 0.6 is 12.4 Å². The molecule has 5 N–H and O–H groups in total. The largest absolute Gasteiger partial charge is 0.368 e. The number of carbonyl (C=O) groups is 2. The number of primary amides is 1. The standard InChI is InChI=1S/C17H25N3O2.ClH/c1-12(14(18)13-8-4-2-5-9-13)15(21)20-17(16(19)22)10-6-3-7-11-17;/h2,4-5,8-9,12,14H,3,6-7,10-11,18H2,1H3,(H2,19,22)(H,20,21);1H. The van der Waals surface area contributed by atoms with Crippen molar-refractivity contribution in [3.63, 3.8) is 0 Å². The highest BCUT2D eigenvalue weighted by Crippen LogP contribution is 2.29. The number of nitrogens with two attached hydrogens (primary N) is 2. The van der Waals surface area contributed by atoms with Gasteiger partial charge in [-0.25, -0.2) is 0 Å². The van der Waals surface area contributed by atoms with E-state index in [2.05, 4.69) is 5.32 Å². The fourth-order valence-electron chi connectivity index (χ4n) is 3.07. The fraction of sp³-hybridized carbons (Fsp3) is 0.529. The molecule has 6 heteroatoms. The molecule has 0 spiro atoms. The number of hydrogen-bond acceptors (Lipinski definition) is 3. The molecule has 1 saturated carbocycles. The van der Waals surface area contributed by atoms with Gasteiger partial charge < -0.3 is 16.8 Å². The van der Waals surface area contributed by atoms with Gasteiger partial charge in [0.2, 0.25) is 11.8 Å². The zero-order valence-electron chi connectivity index (χ0n) is 13.5. The van der Waals surface area contributed by atoms with Gasteiger partial charge in [-0.1, -0.05) is 56.5 Å². The van der Waals surface area contributed by atoms with Gasteiger partial charge in [0.25, 0.3) is 0 Å². The fourth-order valence-corrected chi connectivity index (χ4v) is 3.07. The van der Waals surface area contributed by atoms with Crippen molar-refractivity contribution < 1.29 is 9.59 Å². The summed E-state index contributed by atoms with van der Waals surface area (Å²) in [7, 11) is 0. The third-order valence-electron chi connectivity index (χ3n) is 4.68. The maximum absolute atomic E-state index is 12.5. The second-order valence-electron chi connectivity index (χ2n) is 6.22. The third-order valence-corrected chi connectivity index (χ3v) is 4.68. The molecule has 1 aromatic carbocycles. The van der Waals surface area contributed by atoms with Crippen LogP contribution in [-0.4, -0.2) is 17.4 Å². The number of amides is 2. The summed E-state index contributed by atoms with van der Waals surface area (Å²) < 4.78 is 0. The summed E-state index contributed by atoms with van der Waals surface area (Å²) in [6, 6.07) is 9.09. The molecule has 0 aliphatic heterocycles. The lowest BCUT2D eigenvalue weighted by molar-refractivity contribution is -0.135. The van der Waals surface area contributed by atoms with Crippen molar-refractivity contribution in [3.05, 3.63) is 35.9 Å². The van der Waals surface area contributed by atoms with Gasteiger partial charge in [-0.05, 0) is 18.4 Å². The molecule has 0 radical (unpaired) electrons. The smallest absolute Gasteiger partial charge is 0.243 e. The van der Waals surface area contributed by atoms with Crippen LogP contribution in [-0.2, 0) is 9.59 Å². The zero-order chi connectivity index (χ0) is 16.2. The Kier molecular flexibility index (Phi) is 7.03. The Morgan fingerprint density at radius 3 is 2.22 bits per heavy atom. The predicted octanol–water partition coefficient (Wildman–Crippen LogP) is 2.05. The minimum Gasteiger partial charge on any atom is -0.368 e. The van der Waals surface area contributed by atoms with Gasteiger partial charge in [0, 0.05) is 6.04 Å². The van der Waals surface area contributed by atoms with E-state index in [9.17, 15) is 9.59 Å². The lowest BCUT2D eigenvalue weighted by Gasteiger charge is -2.36. The molecule has 2 amide bonds. The van der Waals surface area contributed by atoms with Gasteiger partial charge >= 0.3 is 0 Å². The monoisotopic (exact) mass is 339 g/mol. The van der Waals surface area contributed by atoms with Crippen LogP contribution < -0.4 is 16.8 Å². The van der Waals surface area contributed by atoms with Crippen molar-refractivity contribution in [2.24, 2.45) is 17.4 Å².